The van der Waals surface area contributed by atoms with Crippen LogP contribution in [0.15, 0.2) is 162 Å². The van der Waals surface area contributed by atoms with Crippen molar-refractivity contribution in [2.24, 2.45) is 5.10 Å². The quantitative estimate of drug-likeness (QED) is 0.0274. The van der Waals surface area contributed by atoms with E-state index < -0.39 is 59.0 Å². The maximum Gasteiger partial charge on any atom is 0.340 e. The van der Waals surface area contributed by atoms with Gasteiger partial charge in [0.25, 0.3) is 11.5 Å². The molecule has 0 radical (unpaired) electrons. The first-order valence-electron chi connectivity index (χ1n) is 25.4. The molecule has 6 heterocycles. The highest BCUT2D eigenvalue weighted by molar-refractivity contribution is 7.78. The Morgan fingerprint density at radius 3 is 1.58 bits per heavy atom. The van der Waals surface area contributed by atoms with E-state index in [1.807, 2.05) is 24.3 Å². The second-order valence-corrected chi connectivity index (χ2v) is 19.4. The Morgan fingerprint density at radius 2 is 1.13 bits per heavy atom. The van der Waals surface area contributed by atoms with Crippen LogP contribution in [0.5, 0.6) is 46.0 Å². The maximum atomic E-state index is 12.5. The smallest absolute Gasteiger partial charge is 0.340 e. The zero-order valence-corrected chi connectivity index (χ0v) is 44.4. The number of ether oxygens (including phenoxy) is 4. The Labute approximate surface area is 483 Å². The number of esters is 2. The molecule has 0 aliphatic carbocycles. The zero-order chi connectivity index (χ0) is 59.9. The van der Waals surface area contributed by atoms with E-state index in [1.165, 1.54) is 84.0 Å². The molecule has 0 bridgehead atoms. The number of fused-ring (bicyclic) bond motifs is 13. The van der Waals surface area contributed by atoms with Gasteiger partial charge in [-0.05, 0) is 104 Å². The molecule has 4 aliphatic rings. The molecule has 25 heteroatoms. The molecule has 24 nitrogen and oxygen atoms in total. The highest BCUT2D eigenvalue weighted by Gasteiger charge is 2.55. The molecular weight excluding hydrogens is 1120 g/mol. The van der Waals surface area contributed by atoms with E-state index in [0.29, 0.717) is 78.9 Å². The molecule has 0 saturated heterocycles. The molecule has 85 heavy (non-hydrogen) atoms. The number of H-pyrrole nitrogens is 1. The minimum absolute atomic E-state index is 0.00844. The molecule has 4 aliphatic heterocycles. The van der Waals surface area contributed by atoms with Crippen LogP contribution in [0.1, 0.15) is 83.0 Å². The molecule has 10 N–H and O–H groups in total. The number of thiocarbonyl (C=S) groups is 1. The van der Waals surface area contributed by atoms with Crippen LogP contribution < -0.4 is 31.1 Å². The summed E-state index contributed by atoms with van der Waals surface area (Å²) in [6.45, 7) is 0.0399. The van der Waals surface area contributed by atoms with Crippen LogP contribution >= 0.6 is 12.2 Å². The third-order valence-electron chi connectivity index (χ3n) is 14.0. The zero-order valence-electron chi connectivity index (χ0n) is 43.6. The van der Waals surface area contributed by atoms with Crippen LogP contribution in [0.2, 0.25) is 0 Å². The number of carbonyl (C=O) groups is 5. The van der Waals surface area contributed by atoms with E-state index in [4.69, 9.17) is 42.0 Å². The number of aliphatic carboxylic acids is 2. The Balaban J connectivity index is 0.000000135. The lowest BCUT2D eigenvalue weighted by Gasteiger charge is -2.36. The van der Waals surface area contributed by atoms with Gasteiger partial charge in [0.15, 0.2) is 22.4 Å². The van der Waals surface area contributed by atoms with Crippen molar-refractivity contribution in [1.29, 1.82) is 0 Å². The van der Waals surface area contributed by atoms with Gasteiger partial charge in [-0.15, -0.1) is 5.10 Å². The molecule has 0 unspecified atom stereocenters. The third kappa shape index (κ3) is 10.2. The summed E-state index contributed by atoms with van der Waals surface area (Å²) < 4.78 is 23.6. The fourth-order valence-electron chi connectivity index (χ4n) is 10.3. The number of carboxylic acid groups (broad SMARTS) is 2. The lowest BCUT2D eigenvalue weighted by atomic mass is 9.77. The topological polar surface area (TPSA) is 369 Å². The number of nitrogens with zero attached hydrogens (tertiary/aromatic N) is 5. The number of phenols is 4. The van der Waals surface area contributed by atoms with E-state index in [2.05, 4.69) is 35.5 Å². The van der Waals surface area contributed by atoms with Crippen molar-refractivity contribution in [2.75, 3.05) is 10.7 Å². The number of benzene rings is 7. The number of anilines is 2. The second-order valence-electron chi connectivity index (χ2n) is 19.2. The largest absolute Gasteiger partial charge is 0.508 e. The van der Waals surface area contributed by atoms with E-state index in [9.17, 15) is 54.3 Å². The number of rotatable bonds is 10. The van der Waals surface area contributed by atoms with Crippen molar-refractivity contribution in [3.05, 3.63) is 218 Å². The van der Waals surface area contributed by atoms with Crippen LogP contribution in [0.3, 0.4) is 0 Å². The number of amides is 1. The van der Waals surface area contributed by atoms with Crippen molar-refractivity contribution in [2.45, 2.75) is 36.6 Å². The monoisotopic (exact) mass is 1160 g/mol. The fourth-order valence-corrected chi connectivity index (χ4v) is 10.4. The first-order valence-corrected chi connectivity index (χ1v) is 25.8. The van der Waals surface area contributed by atoms with Crippen molar-refractivity contribution in [3.63, 3.8) is 0 Å². The van der Waals surface area contributed by atoms with Crippen molar-refractivity contribution in [1.82, 2.24) is 25.3 Å². The van der Waals surface area contributed by atoms with Gasteiger partial charge in [-0.25, -0.2) is 24.4 Å². The van der Waals surface area contributed by atoms with Gasteiger partial charge in [-0.2, -0.15) is 4.98 Å². The SMILES string of the molecule is Nc1nc2ncc(CN(N=C=S)c3ccc(C(=O)N[C@@H](CCC(=O)O)C(=O)O)cc3)nc2c(=O)[nH]1.O=C1OC2(c3ccc(O)cc3Oc3cc(O)ccc32)c2ccccc21.O=C1OC2(c3ccc(O)cc3Oc3cc(O)ccc32)c2ccccc21. The second kappa shape index (κ2) is 22.0. The van der Waals surface area contributed by atoms with Gasteiger partial charge in [-0.3, -0.25) is 24.4 Å². The normalized spacial score (nSPS) is 13.9. The van der Waals surface area contributed by atoms with Gasteiger partial charge in [-0.1, -0.05) is 36.4 Å². The van der Waals surface area contributed by atoms with Crippen LogP contribution in [-0.4, -0.2) is 91.6 Å². The fraction of sp³-hybridized carbons (Fsp3) is 0.100. The predicted molar refractivity (Wildman–Crippen MR) is 302 cm³/mol. The lowest BCUT2D eigenvalue weighted by molar-refractivity contribution is -0.140. The number of nitrogens with one attached hydrogen (secondary N) is 2. The van der Waals surface area contributed by atoms with E-state index in [1.54, 1.807) is 48.5 Å². The first-order chi connectivity index (χ1) is 40.9. The van der Waals surface area contributed by atoms with Gasteiger partial charge in [0, 0.05) is 69.6 Å². The number of carboxylic acids is 2. The van der Waals surface area contributed by atoms with Crippen LogP contribution in [0.4, 0.5) is 11.6 Å². The molecular formula is C60H42N8O16S. The highest BCUT2D eigenvalue weighted by atomic mass is 32.1. The van der Waals surface area contributed by atoms with Crippen LogP contribution in [-0.2, 0) is 36.8 Å². The molecule has 1 atom stereocenters. The summed E-state index contributed by atoms with van der Waals surface area (Å²) in [6, 6.07) is 37.7. The number of aromatic nitrogens is 4. The third-order valence-corrected chi connectivity index (χ3v) is 14.1. The summed E-state index contributed by atoms with van der Waals surface area (Å²) in [5.41, 5.74) is 8.56. The first kappa shape index (κ1) is 55.2. The van der Waals surface area contributed by atoms with Crippen molar-refractivity contribution in [3.8, 4) is 46.0 Å². The summed E-state index contributed by atoms with van der Waals surface area (Å²) >= 11 is 4.70. The van der Waals surface area contributed by atoms with Crippen molar-refractivity contribution >= 4 is 70.0 Å². The molecule has 1 amide bonds. The number of nitrogen functional groups attached to an aromatic ring is 1. The lowest BCUT2D eigenvalue weighted by Crippen LogP contribution is -2.41. The van der Waals surface area contributed by atoms with Gasteiger partial charge in [0.05, 0.1) is 40.4 Å². The molecule has 0 saturated carbocycles. The molecule has 9 aromatic rings. The highest BCUT2D eigenvalue weighted by Crippen LogP contribution is 2.58. The standard InChI is InChI=1S/C20H18N8O6S.2C20H12O5/c21-20-26-16-15(18(32)27-20)24-11(7-22-16)8-28(23-9-35)12-3-1-10(2-4-12)17(31)25-13(19(33)34)5-6-14(29)30;2*21-11-5-7-15-17(9-11)24-18-10-12(22)6-8-16(18)20(15)14-4-2-1-3-13(14)19(23)25-20/h1-4,7,13H,5-6,8H2,(H,25,31)(H,29,30)(H,33,34)(H3,21,22,26,27,32);2*1-10,21-22H/t13-;;/m0../s1. The van der Waals surface area contributed by atoms with Crippen molar-refractivity contribution < 1.29 is 73.6 Å². The minimum Gasteiger partial charge on any atom is -0.508 e. The summed E-state index contributed by atoms with van der Waals surface area (Å²) in [5.74, 6) is -2.47. The number of hydrogen-bond acceptors (Lipinski definition) is 21. The van der Waals surface area contributed by atoms with E-state index in [-0.39, 0.29) is 58.6 Å². The summed E-state index contributed by atoms with van der Waals surface area (Å²) in [5, 5.41) is 67.2. The molecule has 7 aromatic carbocycles. The molecule has 424 valence electrons. The van der Waals surface area contributed by atoms with E-state index in [0.717, 1.165) is 0 Å². The van der Waals surface area contributed by atoms with Gasteiger partial charge < -0.3 is 60.6 Å². The number of carbonyl (C=O) groups excluding carboxylic acids is 3. The minimum atomic E-state index is -1.35. The number of aromatic amines is 1. The Bertz CT molecular complexity index is 4110. The Morgan fingerprint density at radius 1 is 0.659 bits per heavy atom. The Kier molecular flexibility index (Phi) is 14.3. The Hall–Kier alpha value is -11.7. The summed E-state index contributed by atoms with van der Waals surface area (Å²) in [6.07, 6.45) is 0.724. The number of phenolic OH excluding ortho intramolecular Hbond substituents is 4. The molecule has 2 aromatic heterocycles. The number of isothiocyanates is 1. The van der Waals surface area contributed by atoms with Gasteiger partial charge >= 0.3 is 23.9 Å². The average Bonchev–Trinajstić information content (AvgIpc) is 1.87. The molecule has 13 rings (SSSR count). The predicted octanol–water partition coefficient (Wildman–Crippen LogP) is 7.70. The molecule has 0 fully saturated rings. The van der Waals surface area contributed by atoms with Crippen LogP contribution in [0.25, 0.3) is 11.2 Å². The number of nitrogens with two attached hydrogens (primary N) is 1. The summed E-state index contributed by atoms with van der Waals surface area (Å²) in [4.78, 5) is 86.1. The van der Waals surface area contributed by atoms with E-state index >= 15 is 0 Å². The maximum absolute atomic E-state index is 12.5. The van der Waals surface area contributed by atoms with Crippen LogP contribution in [0, 0.1) is 0 Å². The average molecular weight is 1160 g/mol. The number of hydrazone groups is 1. The van der Waals surface area contributed by atoms with Gasteiger partial charge in [0.1, 0.15) is 52.0 Å². The number of aromatic hydroxyl groups is 4. The van der Waals surface area contributed by atoms with Gasteiger partial charge in [0.2, 0.25) is 5.95 Å². The summed E-state index contributed by atoms with van der Waals surface area (Å²) in [7, 11) is 0. The number of hydrogen-bond donors (Lipinski definition) is 9. The molecule has 2 spiro atoms.